The molecule has 0 aromatic heterocycles. The summed E-state index contributed by atoms with van der Waals surface area (Å²) >= 11 is 0. The van der Waals surface area contributed by atoms with E-state index in [0.717, 1.165) is 45.1 Å². The fourth-order valence-corrected chi connectivity index (χ4v) is 3.24. The average Bonchev–Trinajstić information content (AvgIpc) is 2.95. The summed E-state index contributed by atoms with van der Waals surface area (Å²) in [6.07, 6.45) is 3.49. The van der Waals surface area contributed by atoms with Crippen molar-refractivity contribution in [3.8, 4) is 0 Å². The first-order valence-corrected chi connectivity index (χ1v) is 8.71. The maximum atomic E-state index is 11.1. The number of nitrogens with one attached hydrogen (secondary N) is 1. The highest BCUT2D eigenvalue weighted by atomic mass is 32.2. The molecule has 0 saturated carbocycles. The molecule has 110 valence electrons. The minimum Gasteiger partial charge on any atom is -0.381 e. The third kappa shape index (κ3) is 3.82. The molecule has 1 N–H and O–H groups in total. The quantitative estimate of drug-likeness (QED) is 0.571. The Labute approximate surface area is 115 Å². The Kier molecular flexibility index (Phi) is 4.35. The number of aliphatic imine (C=N–C) groups is 1. The molecule has 7 heteroatoms. The number of hydrogen-bond donors (Lipinski definition) is 1. The number of rotatable bonds is 3. The lowest BCUT2D eigenvalue weighted by molar-refractivity contribution is 0.156. The van der Waals surface area contributed by atoms with Crippen molar-refractivity contribution in [1.82, 2.24) is 10.2 Å². The van der Waals surface area contributed by atoms with Gasteiger partial charge in [0.05, 0.1) is 12.4 Å². The summed E-state index contributed by atoms with van der Waals surface area (Å²) in [4.78, 5) is 6.45. The molecule has 1 unspecified atom stereocenters. The first kappa shape index (κ1) is 14.6. The number of guanidine groups is 1. The molecule has 2 saturated heterocycles. The molecule has 6 nitrogen and oxygen atoms in total. The van der Waals surface area contributed by atoms with Crippen molar-refractivity contribution >= 4 is 15.8 Å². The summed E-state index contributed by atoms with van der Waals surface area (Å²) in [5, 5.41) is 3.13. The van der Waals surface area contributed by atoms with Crippen LogP contribution in [-0.2, 0) is 14.6 Å². The standard InChI is InChI=1S/C12H23N3O3S/c1-13-11(14-5-8-19(2,16)17)15-6-3-12(9-15)4-7-18-10-12/h3-10H2,1-2H3,(H,13,14). The van der Waals surface area contributed by atoms with Crippen molar-refractivity contribution < 1.29 is 13.2 Å². The van der Waals surface area contributed by atoms with Crippen molar-refractivity contribution in [3.05, 3.63) is 0 Å². The lowest BCUT2D eigenvalue weighted by Gasteiger charge is -2.24. The van der Waals surface area contributed by atoms with Crippen LogP contribution in [0.15, 0.2) is 4.99 Å². The number of nitrogens with zero attached hydrogens (tertiary/aromatic N) is 2. The number of hydrogen-bond acceptors (Lipinski definition) is 4. The maximum Gasteiger partial charge on any atom is 0.193 e. The van der Waals surface area contributed by atoms with E-state index in [-0.39, 0.29) is 11.2 Å². The Bertz CT molecular complexity index is 441. The van der Waals surface area contributed by atoms with Gasteiger partial charge in [-0.1, -0.05) is 0 Å². The number of likely N-dealkylation sites (tertiary alicyclic amines) is 1. The van der Waals surface area contributed by atoms with Gasteiger partial charge in [0.15, 0.2) is 5.96 Å². The first-order chi connectivity index (χ1) is 8.94. The molecular formula is C12H23N3O3S. The topological polar surface area (TPSA) is 71.0 Å². The van der Waals surface area contributed by atoms with E-state index in [1.165, 1.54) is 6.26 Å². The average molecular weight is 289 g/mol. The molecule has 0 aromatic carbocycles. The summed E-state index contributed by atoms with van der Waals surface area (Å²) in [6, 6.07) is 0. The van der Waals surface area contributed by atoms with Gasteiger partial charge in [-0.05, 0) is 12.8 Å². The minimum absolute atomic E-state index is 0.133. The Morgan fingerprint density at radius 3 is 2.84 bits per heavy atom. The second kappa shape index (κ2) is 5.66. The summed E-state index contributed by atoms with van der Waals surface area (Å²) in [7, 11) is -1.19. The van der Waals surface area contributed by atoms with E-state index in [1.54, 1.807) is 7.05 Å². The Morgan fingerprint density at radius 2 is 2.26 bits per heavy atom. The van der Waals surface area contributed by atoms with Gasteiger partial charge in [0.2, 0.25) is 0 Å². The summed E-state index contributed by atoms with van der Waals surface area (Å²) in [5.41, 5.74) is 0.286. The van der Waals surface area contributed by atoms with E-state index in [1.807, 2.05) is 0 Å². The van der Waals surface area contributed by atoms with Crippen LogP contribution in [0.4, 0.5) is 0 Å². The molecule has 2 heterocycles. The highest BCUT2D eigenvalue weighted by Gasteiger charge is 2.42. The highest BCUT2D eigenvalue weighted by Crippen LogP contribution is 2.37. The lowest BCUT2D eigenvalue weighted by Crippen LogP contribution is -2.42. The molecular weight excluding hydrogens is 266 g/mol. The van der Waals surface area contributed by atoms with Gasteiger partial charge in [0.1, 0.15) is 9.84 Å². The lowest BCUT2D eigenvalue weighted by atomic mass is 9.87. The second-order valence-electron chi connectivity index (χ2n) is 5.58. The van der Waals surface area contributed by atoms with Crippen molar-refractivity contribution in [1.29, 1.82) is 0 Å². The van der Waals surface area contributed by atoms with E-state index in [9.17, 15) is 8.42 Å². The van der Waals surface area contributed by atoms with Crippen LogP contribution in [0.5, 0.6) is 0 Å². The molecule has 0 aliphatic carbocycles. The van der Waals surface area contributed by atoms with Gasteiger partial charge in [-0.3, -0.25) is 4.99 Å². The van der Waals surface area contributed by atoms with Gasteiger partial charge in [-0.15, -0.1) is 0 Å². The summed E-state index contributed by atoms with van der Waals surface area (Å²) < 4.78 is 27.7. The van der Waals surface area contributed by atoms with Crippen LogP contribution in [0.2, 0.25) is 0 Å². The number of sulfone groups is 1. The normalized spacial score (nSPS) is 28.3. The smallest absolute Gasteiger partial charge is 0.193 e. The zero-order valence-electron chi connectivity index (χ0n) is 11.7. The molecule has 2 aliphatic rings. The molecule has 1 atom stereocenters. The third-order valence-electron chi connectivity index (χ3n) is 3.89. The van der Waals surface area contributed by atoms with Crippen LogP contribution in [0.1, 0.15) is 12.8 Å². The van der Waals surface area contributed by atoms with E-state index in [4.69, 9.17) is 4.74 Å². The number of ether oxygens (including phenoxy) is 1. The zero-order chi connectivity index (χ0) is 13.9. The van der Waals surface area contributed by atoms with Gasteiger partial charge in [-0.2, -0.15) is 0 Å². The largest absolute Gasteiger partial charge is 0.381 e. The Balaban J connectivity index is 1.86. The Hall–Kier alpha value is -0.820. The van der Waals surface area contributed by atoms with E-state index in [0.29, 0.717) is 6.54 Å². The van der Waals surface area contributed by atoms with Crippen LogP contribution >= 0.6 is 0 Å². The molecule has 2 rings (SSSR count). The molecule has 0 amide bonds. The third-order valence-corrected chi connectivity index (χ3v) is 4.84. The zero-order valence-corrected chi connectivity index (χ0v) is 12.5. The molecule has 0 bridgehead atoms. The predicted octanol–water partition coefficient (Wildman–Crippen LogP) is -0.281. The highest BCUT2D eigenvalue weighted by molar-refractivity contribution is 7.90. The molecule has 1 spiro atoms. The van der Waals surface area contributed by atoms with Crippen LogP contribution < -0.4 is 5.32 Å². The van der Waals surface area contributed by atoms with Gasteiger partial charge in [-0.25, -0.2) is 8.42 Å². The maximum absolute atomic E-state index is 11.1. The Morgan fingerprint density at radius 1 is 1.47 bits per heavy atom. The van der Waals surface area contributed by atoms with E-state index in [2.05, 4.69) is 15.2 Å². The van der Waals surface area contributed by atoms with Crippen LogP contribution in [0, 0.1) is 5.41 Å². The molecule has 19 heavy (non-hydrogen) atoms. The minimum atomic E-state index is -2.93. The summed E-state index contributed by atoms with van der Waals surface area (Å²) in [6.45, 7) is 4.01. The fourth-order valence-electron chi connectivity index (χ4n) is 2.77. The van der Waals surface area contributed by atoms with Crippen molar-refractivity contribution in [3.63, 3.8) is 0 Å². The van der Waals surface area contributed by atoms with Gasteiger partial charge in [0.25, 0.3) is 0 Å². The van der Waals surface area contributed by atoms with Gasteiger partial charge >= 0.3 is 0 Å². The van der Waals surface area contributed by atoms with Gasteiger partial charge in [0, 0.05) is 45.0 Å². The molecule has 2 aliphatic heterocycles. The fraction of sp³-hybridized carbons (Fsp3) is 0.917. The van der Waals surface area contributed by atoms with Crippen LogP contribution in [-0.4, -0.2) is 71.2 Å². The van der Waals surface area contributed by atoms with Gasteiger partial charge < -0.3 is 15.0 Å². The van der Waals surface area contributed by atoms with Crippen molar-refractivity contribution in [2.45, 2.75) is 12.8 Å². The van der Waals surface area contributed by atoms with Crippen LogP contribution in [0.3, 0.4) is 0 Å². The predicted molar refractivity (Wildman–Crippen MR) is 75.1 cm³/mol. The summed E-state index contributed by atoms with van der Waals surface area (Å²) in [5.74, 6) is 0.932. The van der Waals surface area contributed by atoms with Crippen LogP contribution in [0.25, 0.3) is 0 Å². The molecule has 2 fully saturated rings. The van der Waals surface area contributed by atoms with Crippen molar-refractivity contribution in [2.24, 2.45) is 10.4 Å². The monoisotopic (exact) mass is 289 g/mol. The van der Waals surface area contributed by atoms with E-state index >= 15 is 0 Å². The molecule has 0 aromatic rings. The molecule has 0 radical (unpaired) electrons. The first-order valence-electron chi connectivity index (χ1n) is 6.65. The van der Waals surface area contributed by atoms with Crippen molar-refractivity contribution in [2.75, 3.05) is 51.9 Å². The SMILES string of the molecule is CN=C(NCCS(C)(=O)=O)N1CCC2(CCOC2)C1. The van der Waals surface area contributed by atoms with E-state index < -0.39 is 9.84 Å². The second-order valence-corrected chi connectivity index (χ2v) is 7.84.